The zero-order chi connectivity index (χ0) is 15.0. The van der Waals surface area contributed by atoms with Crippen LogP contribution in [0.4, 0.5) is 5.82 Å². The average molecular weight is 283 g/mol. The summed E-state index contributed by atoms with van der Waals surface area (Å²) in [7, 11) is 1.71. The third kappa shape index (κ3) is 2.43. The maximum atomic E-state index is 12.2. The van der Waals surface area contributed by atoms with Crippen molar-refractivity contribution in [2.75, 3.05) is 5.32 Å². The van der Waals surface area contributed by atoms with Gasteiger partial charge in [0, 0.05) is 18.5 Å². The van der Waals surface area contributed by atoms with Gasteiger partial charge in [0.2, 0.25) is 0 Å². The Kier molecular flexibility index (Phi) is 3.06. The van der Waals surface area contributed by atoms with Crippen molar-refractivity contribution in [2.45, 2.75) is 6.92 Å². The number of nitrogens with one attached hydrogen (secondary N) is 1. The van der Waals surface area contributed by atoms with E-state index in [9.17, 15) is 9.59 Å². The van der Waals surface area contributed by atoms with Crippen molar-refractivity contribution < 1.29 is 9.21 Å². The Balaban J connectivity index is 1.99. The standard InChI is InChI=1S/C15H13N3O3/c1-9-7-13(18(2)17-9)16-14(19)11-8-10-5-3-4-6-12(10)21-15(11)20/h3-8H,1-2H3,(H,16,19). The van der Waals surface area contributed by atoms with Crippen LogP contribution in [0.3, 0.4) is 0 Å². The third-order valence-corrected chi connectivity index (χ3v) is 3.13. The maximum absolute atomic E-state index is 12.2. The molecule has 1 N–H and O–H groups in total. The number of carbonyl (C=O) groups excluding carboxylic acids is 1. The second-order valence-corrected chi connectivity index (χ2v) is 4.73. The summed E-state index contributed by atoms with van der Waals surface area (Å²) in [5.41, 5.74) is 0.534. The SMILES string of the molecule is Cc1cc(NC(=O)c2cc3ccccc3oc2=O)n(C)n1. The minimum Gasteiger partial charge on any atom is -0.422 e. The van der Waals surface area contributed by atoms with Gasteiger partial charge in [0.1, 0.15) is 17.0 Å². The number of nitrogens with zero attached hydrogens (tertiary/aromatic N) is 2. The molecule has 0 aliphatic carbocycles. The largest absolute Gasteiger partial charge is 0.422 e. The number of para-hydroxylation sites is 1. The van der Waals surface area contributed by atoms with E-state index in [0.29, 0.717) is 16.8 Å². The van der Waals surface area contributed by atoms with Gasteiger partial charge in [-0.05, 0) is 19.1 Å². The Morgan fingerprint density at radius 1 is 1.29 bits per heavy atom. The van der Waals surface area contributed by atoms with Crippen molar-refractivity contribution in [3.05, 3.63) is 58.1 Å². The number of amides is 1. The molecule has 6 nitrogen and oxygen atoms in total. The predicted octanol–water partition coefficient (Wildman–Crippen LogP) is 2.09. The van der Waals surface area contributed by atoms with Gasteiger partial charge in [-0.1, -0.05) is 18.2 Å². The Bertz CT molecular complexity index is 893. The van der Waals surface area contributed by atoms with Crippen LogP contribution in [-0.4, -0.2) is 15.7 Å². The lowest BCUT2D eigenvalue weighted by Gasteiger charge is -2.05. The molecule has 3 aromatic rings. The third-order valence-electron chi connectivity index (χ3n) is 3.13. The summed E-state index contributed by atoms with van der Waals surface area (Å²) in [5, 5.41) is 7.48. The van der Waals surface area contributed by atoms with E-state index in [1.807, 2.05) is 13.0 Å². The van der Waals surface area contributed by atoms with Crippen LogP contribution in [0, 0.1) is 6.92 Å². The first kappa shape index (κ1) is 13.1. The molecule has 1 amide bonds. The molecule has 2 aromatic heterocycles. The number of anilines is 1. The molecule has 21 heavy (non-hydrogen) atoms. The number of aromatic nitrogens is 2. The first-order chi connectivity index (χ1) is 10.0. The maximum Gasteiger partial charge on any atom is 0.349 e. The second-order valence-electron chi connectivity index (χ2n) is 4.73. The van der Waals surface area contributed by atoms with Crippen molar-refractivity contribution in [3.8, 4) is 0 Å². The van der Waals surface area contributed by atoms with E-state index in [0.717, 1.165) is 5.69 Å². The van der Waals surface area contributed by atoms with Crippen molar-refractivity contribution in [1.29, 1.82) is 0 Å². The van der Waals surface area contributed by atoms with E-state index < -0.39 is 11.5 Å². The summed E-state index contributed by atoms with van der Waals surface area (Å²) in [5.74, 6) is 0.00237. The zero-order valence-corrected chi connectivity index (χ0v) is 11.6. The number of rotatable bonds is 2. The molecular formula is C15H13N3O3. The van der Waals surface area contributed by atoms with Crippen molar-refractivity contribution in [3.63, 3.8) is 0 Å². The number of aryl methyl sites for hydroxylation is 2. The molecule has 0 aliphatic heterocycles. The van der Waals surface area contributed by atoms with Crippen LogP contribution in [-0.2, 0) is 7.05 Å². The van der Waals surface area contributed by atoms with Gasteiger partial charge in [-0.15, -0.1) is 0 Å². The van der Waals surface area contributed by atoms with Crippen LogP contribution in [0.1, 0.15) is 16.1 Å². The van der Waals surface area contributed by atoms with Gasteiger partial charge >= 0.3 is 5.63 Å². The predicted molar refractivity (Wildman–Crippen MR) is 78.4 cm³/mol. The minimum absolute atomic E-state index is 0.0347. The molecule has 0 spiro atoms. The van der Waals surface area contributed by atoms with E-state index in [1.54, 1.807) is 31.3 Å². The summed E-state index contributed by atoms with van der Waals surface area (Å²) in [6, 6.07) is 10.3. The van der Waals surface area contributed by atoms with Crippen LogP contribution in [0.5, 0.6) is 0 Å². The number of benzene rings is 1. The zero-order valence-electron chi connectivity index (χ0n) is 11.6. The molecule has 106 valence electrons. The quantitative estimate of drug-likeness (QED) is 0.730. The van der Waals surface area contributed by atoms with E-state index >= 15 is 0 Å². The molecule has 0 saturated carbocycles. The van der Waals surface area contributed by atoms with Gasteiger partial charge in [0.05, 0.1) is 5.69 Å². The van der Waals surface area contributed by atoms with E-state index in [-0.39, 0.29) is 5.56 Å². The number of carbonyl (C=O) groups is 1. The summed E-state index contributed by atoms with van der Waals surface area (Å²) in [4.78, 5) is 24.1. The lowest BCUT2D eigenvalue weighted by atomic mass is 10.2. The Hall–Kier alpha value is -2.89. The van der Waals surface area contributed by atoms with E-state index in [2.05, 4.69) is 10.4 Å². The summed E-state index contributed by atoms with van der Waals surface area (Å²) in [6.45, 7) is 1.82. The first-order valence-corrected chi connectivity index (χ1v) is 6.39. The highest BCUT2D eigenvalue weighted by Gasteiger charge is 2.15. The van der Waals surface area contributed by atoms with Crippen molar-refractivity contribution >= 4 is 22.7 Å². The fourth-order valence-corrected chi connectivity index (χ4v) is 2.13. The average Bonchev–Trinajstić information content (AvgIpc) is 2.76. The molecule has 0 atom stereocenters. The molecule has 0 aliphatic rings. The Morgan fingerprint density at radius 3 is 2.76 bits per heavy atom. The topological polar surface area (TPSA) is 77.1 Å². The summed E-state index contributed by atoms with van der Waals surface area (Å²) < 4.78 is 6.69. The van der Waals surface area contributed by atoms with Crippen LogP contribution < -0.4 is 10.9 Å². The van der Waals surface area contributed by atoms with Gasteiger partial charge in [-0.2, -0.15) is 5.10 Å². The summed E-state index contributed by atoms with van der Waals surface area (Å²) >= 11 is 0. The molecule has 0 bridgehead atoms. The van der Waals surface area contributed by atoms with Crippen LogP contribution in [0.25, 0.3) is 11.0 Å². The smallest absolute Gasteiger partial charge is 0.349 e. The van der Waals surface area contributed by atoms with Gasteiger partial charge in [-0.25, -0.2) is 4.79 Å². The number of fused-ring (bicyclic) bond motifs is 1. The molecule has 0 radical (unpaired) electrons. The van der Waals surface area contributed by atoms with E-state index in [4.69, 9.17) is 4.42 Å². The fraction of sp³-hybridized carbons (Fsp3) is 0.133. The Morgan fingerprint density at radius 2 is 2.05 bits per heavy atom. The molecule has 1 aromatic carbocycles. The Labute approximate surface area is 120 Å². The van der Waals surface area contributed by atoms with Crippen LogP contribution in [0.15, 0.2) is 45.6 Å². The molecular weight excluding hydrogens is 270 g/mol. The lowest BCUT2D eigenvalue weighted by Crippen LogP contribution is -2.21. The number of hydrogen-bond donors (Lipinski definition) is 1. The minimum atomic E-state index is -0.662. The molecule has 2 heterocycles. The monoisotopic (exact) mass is 283 g/mol. The van der Waals surface area contributed by atoms with Gasteiger partial charge < -0.3 is 9.73 Å². The molecule has 0 fully saturated rings. The number of hydrogen-bond acceptors (Lipinski definition) is 4. The van der Waals surface area contributed by atoms with Crippen LogP contribution >= 0.6 is 0 Å². The molecule has 6 heteroatoms. The highest BCUT2D eigenvalue weighted by molar-refractivity contribution is 6.05. The highest BCUT2D eigenvalue weighted by atomic mass is 16.4. The summed E-state index contributed by atoms with van der Waals surface area (Å²) in [6.07, 6.45) is 0. The van der Waals surface area contributed by atoms with Gasteiger partial charge in [-0.3, -0.25) is 9.48 Å². The molecule has 3 rings (SSSR count). The van der Waals surface area contributed by atoms with Crippen LogP contribution in [0.2, 0.25) is 0 Å². The highest BCUT2D eigenvalue weighted by Crippen LogP contribution is 2.14. The first-order valence-electron chi connectivity index (χ1n) is 6.39. The fourth-order valence-electron chi connectivity index (χ4n) is 2.13. The molecule has 0 unspecified atom stereocenters. The van der Waals surface area contributed by atoms with E-state index in [1.165, 1.54) is 10.7 Å². The lowest BCUT2D eigenvalue weighted by molar-refractivity contribution is 0.102. The van der Waals surface area contributed by atoms with Gasteiger partial charge in [0.15, 0.2) is 0 Å². The van der Waals surface area contributed by atoms with Crippen molar-refractivity contribution in [1.82, 2.24) is 9.78 Å². The van der Waals surface area contributed by atoms with Crippen molar-refractivity contribution in [2.24, 2.45) is 7.05 Å². The molecule has 0 saturated heterocycles. The van der Waals surface area contributed by atoms with Gasteiger partial charge in [0.25, 0.3) is 5.91 Å². The normalized spacial score (nSPS) is 10.8. The second kappa shape index (κ2) is 4.90.